The number of rotatable bonds is 6. The van der Waals surface area contributed by atoms with Crippen LogP contribution in [0.25, 0.3) is 0 Å². The van der Waals surface area contributed by atoms with Crippen LogP contribution >= 0.6 is 23.6 Å². The Morgan fingerprint density at radius 1 is 1.42 bits per heavy atom. The third-order valence-corrected chi connectivity index (χ3v) is 5.37. The second-order valence-electron chi connectivity index (χ2n) is 6.71. The van der Waals surface area contributed by atoms with Crippen molar-refractivity contribution in [3.8, 4) is 5.19 Å². The number of likely N-dealkylation sites (tertiary alicyclic amines) is 1. The van der Waals surface area contributed by atoms with Crippen molar-refractivity contribution in [3.63, 3.8) is 0 Å². The van der Waals surface area contributed by atoms with E-state index in [0.29, 0.717) is 22.4 Å². The smallest absolute Gasteiger partial charge is 0.293 e. The Bertz CT molecular complexity index is 788. The molecule has 1 aliphatic rings. The van der Waals surface area contributed by atoms with Crippen molar-refractivity contribution < 1.29 is 9.53 Å². The monoisotopic (exact) mass is 392 g/mol. The number of aromatic nitrogens is 2. The number of nitrogens with one attached hydrogen (secondary N) is 1. The minimum Gasteiger partial charge on any atom is -0.466 e. The van der Waals surface area contributed by atoms with E-state index in [1.807, 2.05) is 44.2 Å². The van der Waals surface area contributed by atoms with E-state index in [9.17, 15) is 4.79 Å². The van der Waals surface area contributed by atoms with E-state index in [1.165, 1.54) is 11.3 Å². The lowest BCUT2D eigenvalue weighted by Crippen LogP contribution is -2.41. The van der Waals surface area contributed by atoms with Gasteiger partial charge >= 0.3 is 0 Å². The molecule has 1 saturated heterocycles. The van der Waals surface area contributed by atoms with E-state index in [1.54, 1.807) is 4.68 Å². The fraction of sp³-hybridized carbons (Fsp3) is 0.500. The number of benzene rings is 1. The van der Waals surface area contributed by atoms with E-state index in [4.69, 9.17) is 17.0 Å². The first-order valence-corrected chi connectivity index (χ1v) is 10.1. The van der Waals surface area contributed by atoms with E-state index < -0.39 is 0 Å². The Hall–Kier alpha value is -1.77. The molecule has 1 aromatic heterocycles. The van der Waals surface area contributed by atoms with Gasteiger partial charge in [-0.2, -0.15) is 0 Å². The predicted molar refractivity (Wildman–Crippen MR) is 106 cm³/mol. The number of para-hydroxylation sites is 1. The molecule has 8 heteroatoms. The molecule has 140 valence electrons. The molecule has 1 fully saturated rings. The number of carbonyl (C=O) groups excluding carboxylic acids is 1. The van der Waals surface area contributed by atoms with Gasteiger partial charge in [0.1, 0.15) is 0 Å². The van der Waals surface area contributed by atoms with Gasteiger partial charge in [-0.15, -0.1) is 5.10 Å². The molecule has 6 nitrogen and oxygen atoms in total. The van der Waals surface area contributed by atoms with Crippen LogP contribution in [0.5, 0.6) is 5.19 Å². The van der Waals surface area contributed by atoms with Crippen molar-refractivity contribution in [1.82, 2.24) is 14.7 Å². The van der Waals surface area contributed by atoms with Crippen LogP contribution in [-0.4, -0.2) is 39.8 Å². The quantitative estimate of drug-likeness (QED) is 0.759. The number of ether oxygens (including phenoxy) is 1. The van der Waals surface area contributed by atoms with Gasteiger partial charge in [-0.05, 0) is 68.9 Å². The number of hydrogen-bond donors (Lipinski definition) is 1. The lowest BCUT2D eigenvalue weighted by atomic mass is 9.97. The van der Waals surface area contributed by atoms with Gasteiger partial charge in [-0.3, -0.25) is 9.69 Å². The summed E-state index contributed by atoms with van der Waals surface area (Å²) in [6.07, 6.45) is 1.96. The average molecular weight is 393 g/mol. The van der Waals surface area contributed by atoms with E-state index in [-0.39, 0.29) is 17.9 Å². The lowest BCUT2D eigenvalue weighted by molar-refractivity contribution is -0.121. The molecule has 0 radical (unpaired) electrons. The molecular weight excluding hydrogens is 368 g/mol. The number of anilines is 1. The second-order valence-corrected chi connectivity index (χ2v) is 8.30. The van der Waals surface area contributed by atoms with Crippen molar-refractivity contribution >= 4 is 35.1 Å². The molecule has 0 aliphatic carbocycles. The maximum Gasteiger partial charge on any atom is 0.293 e. The minimum atomic E-state index is -0.0249. The topological polar surface area (TPSA) is 59.4 Å². The molecule has 0 spiro atoms. The predicted octanol–water partition coefficient (Wildman–Crippen LogP) is 3.77. The maximum absolute atomic E-state index is 12.6. The van der Waals surface area contributed by atoms with Crippen LogP contribution in [0.3, 0.4) is 0 Å². The van der Waals surface area contributed by atoms with Gasteiger partial charge in [-0.1, -0.05) is 18.2 Å². The molecule has 0 bridgehead atoms. The molecular formula is C18H24N4O2S2. The highest BCUT2D eigenvalue weighted by molar-refractivity contribution is 7.73. The number of nitrogens with zero attached hydrogens (tertiary/aromatic N) is 3. The van der Waals surface area contributed by atoms with Crippen LogP contribution < -0.4 is 10.1 Å². The molecule has 1 amide bonds. The van der Waals surface area contributed by atoms with Crippen LogP contribution in [0.2, 0.25) is 0 Å². The summed E-state index contributed by atoms with van der Waals surface area (Å²) < 4.78 is 8.11. The van der Waals surface area contributed by atoms with Crippen molar-refractivity contribution in [3.05, 3.63) is 34.3 Å². The Morgan fingerprint density at radius 3 is 2.92 bits per heavy atom. The van der Waals surface area contributed by atoms with Gasteiger partial charge in [0.15, 0.2) is 3.95 Å². The fourth-order valence-corrected chi connectivity index (χ4v) is 4.02. The summed E-state index contributed by atoms with van der Waals surface area (Å²) >= 11 is 6.77. The SMILES string of the molecule is CC(C)Oc1nn(CN2CCCC(C(=O)Nc3ccccc3)C2)c(=S)s1. The fourth-order valence-electron chi connectivity index (χ4n) is 2.98. The molecule has 1 N–H and O–H groups in total. The molecule has 3 rings (SSSR count). The first-order chi connectivity index (χ1) is 12.5. The van der Waals surface area contributed by atoms with E-state index in [2.05, 4.69) is 15.3 Å². The molecule has 2 heterocycles. The van der Waals surface area contributed by atoms with E-state index in [0.717, 1.165) is 25.1 Å². The van der Waals surface area contributed by atoms with Gasteiger partial charge in [-0.25, -0.2) is 4.68 Å². The van der Waals surface area contributed by atoms with Crippen LogP contribution in [0.1, 0.15) is 26.7 Å². The number of hydrogen-bond acceptors (Lipinski definition) is 6. The van der Waals surface area contributed by atoms with Crippen molar-refractivity contribution in [2.24, 2.45) is 5.92 Å². The molecule has 1 aromatic carbocycles. The minimum absolute atomic E-state index is 0.0249. The van der Waals surface area contributed by atoms with Gasteiger partial charge in [0.25, 0.3) is 5.19 Å². The summed E-state index contributed by atoms with van der Waals surface area (Å²) in [5.74, 6) is 0.0507. The zero-order chi connectivity index (χ0) is 18.5. The molecule has 2 aromatic rings. The highest BCUT2D eigenvalue weighted by Crippen LogP contribution is 2.22. The molecule has 1 aliphatic heterocycles. The van der Waals surface area contributed by atoms with Gasteiger partial charge < -0.3 is 10.1 Å². The zero-order valence-corrected chi connectivity index (χ0v) is 16.7. The standard InChI is InChI=1S/C18H24N4O2S2/c1-13(2)24-17-20-22(18(25)26-17)12-21-10-6-7-14(11-21)16(23)19-15-8-4-3-5-9-15/h3-5,8-9,13-14H,6-7,10-12H2,1-2H3,(H,19,23). The zero-order valence-electron chi connectivity index (χ0n) is 15.1. The van der Waals surface area contributed by atoms with Gasteiger partial charge in [0.2, 0.25) is 5.91 Å². The van der Waals surface area contributed by atoms with E-state index >= 15 is 0 Å². The summed E-state index contributed by atoms with van der Waals surface area (Å²) in [7, 11) is 0. The average Bonchev–Trinajstić information content (AvgIpc) is 2.94. The van der Waals surface area contributed by atoms with Crippen LogP contribution in [0.4, 0.5) is 5.69 Å². The number of piperidine rings is 1. The second kappa shape index (κ2) is 8.75. The third kappa shape index (κ3) is 5.12. The first kappa shape index (κ1) is 19.0. The van der Waals surface area contributed by atoms with Gasteiger partial charge in [0, 0.05) is 12.2 Å². The molecule has 1 atom stereocenters. The molecule has 0 saturated carbocycles. The largest absolute Gasteiger partial charge is 0.466 e. The Kier molecular flexibility index (Phi) is 6.39. The first-order valence-electron chi connectivity index (χ1n) is 8.84. The van der Waals surface area contributed by atoms with Crippen LogP contribution in [0.15, 0.2) is 30.3 Å². The Balaban J connectivity index is 1.59. The highest BCUT2D eigenvalue weighted by atomic mass is 32.1. The molecule has 1 unspecified atom stereocenters. The van der Waals surface area contributed by atoms with Crippen molar-refractivity contribution in [2.75, 3.05) is 18.4 Å². The summed E-state index contributed by atoms with van der Waals surface area (Å²) in [6.45, 7) is 6.17. The van der Waals surface area contributed by atoms with Crippen LogP contribution in [0, 0.1) is 9.87 Å². The summed E-state index contributed by atoms with van der Waals surface area (Å²) in [5, 5.41) is 8.05. The summed E-state index contributed by atoms with van der Waals surface area (Å²) in [6, 6.07) is 9.59. The lowest BCUT2D eigenvalue weighted by Gasteiger charge is -2.31. The van der Waals surface area contributed by atoms with Crippen LogP contribution in [-0.2, 0) is 11.5 Å². The Labute approximate surface area is 162 Å². The number of carbonyl (C=O) groups is 1. The van der Waals surface area contributed by atoms with Crippen molar-refractivity contribution in [2.45, 2.75) is 39.5 Å². The summed E-state index contributed by atoms with van der Waals surface area (Å²) in [4.78, 5) is 14.8. The highest BCUT2D eigenvalue weighted by Gasteiger charge is 2.26. The van der Waals surface area contributed by atoms with Gasteiger partial charge in [0.05, 0.1) is 18.7 Å². The third-order valence-electron chi connectivity index (χ3n) is 4.18. The maximum atomic E-state index is 12.6. The van der Waals surface area contributed by atoms with Crippen molar-refractivity contribution in [1.29, 1.82) is 0 Å². The normalized spacial score (nSPS) is 18.0. The summed E-state index contributed by atoms with van der Waals surface area (Å²) in [5.41, 5.74) is 0.840. The molecule has 26 heavy (non-hydrogen) atoms. The Morgan fingerprint density at radius 2 is 2.19 bits per heavy atom. The number of amides is 1.